The summed E-state index contributed by atoms with van der Waals surface area (Å²) in [5.41, 5.74) is 2.95. The fraction of sp³-hybridized carbons (Fsp3) is 0.500. The van der Waals surface area contributed by atoms with Crippen molar-refractivity contribution in [3.8, 4) is 0 Å². The van der Waals surface area contributed by atoms with E-state index >= 15 is 0 Å². The first kappa shape index (κ1) is 12.7. The Kier molecular flexibility index (Phi) is 2.72. The summed E-state index contributed by atoms with van der Waals surface area (Å²) >= 11 is 0. The molecule has 100 valence electrons. The molecule has 19 heavy (non-hydrogen) atoms. The molecular weight excluding hydrogens is 270 g/mol. The molecule has 7 heteroatoms. The first-order valence-electron chi connectivity index (χ1n) is 6.58. The van der Waals surface area contributed by atoms with E-state index < -0.39 is 16.3 Å². The van der Waals surface area contributed by atoms with Crippen LogP contribution in [0.3, 0.4) is 0 Å². The van der Waals surface area contributed by atoms with Gasteiger partial charge < -0.3 is 4.57 Å². The summed E-state index contributed by atoms with van der Waals surface area (Å²) in [5, 5.41) is 0. The molecule has 1 fully saturated rings. The first-order valence-corrected chi connectivity index (χ1v) is 13.2. The zero-order valence-electron chi connectivity index (χ0n) is 11.9. The maximum absolute atomic E-state index is 4.52. The molecule has 0 radical (unpaired) electrons. The van der Waals surface area contributed by atoms with Gasteiger partial charge >= 0.3 is 0 Å². The average Bonchev–Trinajstić information content (AvgIpc) is 2.56. The van der Waals surface area contributed by atoms with Crippen LogP contribution in [0.25, 0.3) is 11.2 Å². The lowest BCUT2D eigenvalue weighted by Gasteiger charge is -2.31. The minimum absolute atomic E-state index is 0.698. The summed E-state index contributed by atoms with van der Waals surface area (Å²) in [6.45, 7) is 9.80. The van der Waals surface area contributed by atoms with Gasteiger partial charge in [-0.3, -0.25) is 0 Å². The largest absolute Gasteiger partial charge is 0.384 e. The Morgan fingerprint density at radius 2 is 1.74 bits per heavy atom. The van der Waals surface area contributed by atoms with Crippen molar-refractivity contribution < 1.29 is 0 Å². The number of rotatable bonds is 1. The maximum Gasteiger partial charge on any atom is 0.183 e. The van der Waals surface area contributed by atoms with Crippen LogP contribution >= 0.6 is 0 Å². The van der Waals surface area contributed by atoms with Crippen LogP contribution in [0.5, 0.6) is 0 Å². The van der Waals surface area contributed by atoms with E-state index in [2.05, 4.69) is 50.7 Å². The highest BCUT2D eigenvalue weighted by molar-refractivity contribution is 7.02. The van der Waals surface area contributed by atoms with Crippen LogP contribution in [-0.4, -0.2) is 42.4 Å². The van der Waals surface area contributed by atoms with Crippen molar-refractivity contribution in [1.82, 2.24) is 19.9 Å². The molecule has 0 unspecified atom stereocenters. The van der Waals surface area contributed by atoms with E-state index in [0.717, 1.165) is 11.3 Å². The molecular formula is C12H19N5Si2. The highest BCUT2D eigenvalue weighted by atomic mass is 28.4. The molecule has 0 aliphatic carbocycles. The van der Waals surface area contributed by atoms with Crippen molar-refractivity contribution in [2.24, 2.45) is 0 Å². The minimum atomic E-state index is -1.43. The zero-order valence-corrected chi connectivity index (χ0v) is 13.9. The van der Waals surface area contributed by atoms with Crippen LogP contribution in [0, 0.1) is 0 Å². The van der Waals surface area contributed by atoms with Crippen LogP contribution in [0.15, 0.2) is 18.7 Å². The van der Waals surface area contributed by atoms with Crippen LogP contribution in [0.1, 0.15) is 0 Å². The van der Waals surface area contributed by atoms with Crippen LogP contribution in [0.4, 0.5) is 5.82 Å². The lowest BCUT2D eigenvalue weighted by atomic mass is 10.4. The summed E-state index contributed by atoms with van der Waals surface area (Å²) in [4.78, 5) is 17.5. The molecule has 1 aliphatic rings. The molecule has 3 heterocycles. The van der Waals surface area contributed by atoms with Gasteiger partial charge in [-0.2, -0.15) is 0 Å². The molecule has 3 rings (SSSR count). The van der Waals surface area contributed by atoms with Crippen molar-refractivity contribution in [1.29, 1.82) is 0 Å². The lowest BCUT2D eigenvalue weighted by molar-refractivity contribution is 1.08. The smallest absolute Gasteiger partial charge is 0.183 e. The summed E-state index contributed by atoms with van der Waals surface area (Å²) in [6.07, 6.45) is 6.20. The Hall–Kier alpha value is -1.35. The Bertz CT molecular complexity index is 623. The molecule has 0 atom stereocenters. The summed E-state index contributed by atoms with van der Waals surface area (Å²) in [6, 6.07) is 0. The van der Waals surface area contributed by atoms with Crippen molar-refractivity contribution in [3.05, 3.63) is 18.7 Å². The molecule has 0 aromatic carbocycles. The number of anilines is 1. The molecule has 1 aliphatic heterocycles. The zero-order chi connectivity index (χ0) is 13.7. The van der Waals surface area contributed by atoms with E-state index in [1.165, 1.54) is 11.8 Å². The average molecular weight is 289 g/mol. The molecule has 0 spiro atoms. The van der Waals surface area contributed by atoms with Crippen molar-refractivity contribution in [2.75, 3.05) is 10.7 Å². The van der Waals surface area contributed by atoms with Gasteiger partial charge in [0.25, 0.3) is 0 Å². The highest BCUT2D eigenvalue weighted by Gasteiger charge is 2.47. The van der Waals surface area contributed by atoms with Gasteiger partial charge in [0.05, 0.1) is 8.07 Å². The number of hydrogen-bond acceptors (Lipinski definition) is 5. The second kappa shape index (κ2) is 4.07. The van der Waals surface area contributed by atoms with Crippen molar-refractivity contribution in [3.63, 3.8) is 0 Å². The van der Waals surface area contributed by atoms with Crippen LogP contribution < -0.4 is 4.57 Å². The first-order chi connectivity index (χ1) is 8.89. The van der Waals surface area contributed by atoms with Crippen molar-refractivity contribution in [2.45, 2.75) is 31.9 Å². The SMILES string of the molecule is C[Si]1(C)CN(c2ncnc3nccnc23)[Si](C)(C)C1. The van der Waals surface area contributed by atoms with Gasteiger partial charge in [-0.15, -0.1) is 0 Å². The normalized spacial score (nSPS) is 20.9. The molecule has 2 aromatic rings. The Morgan fingerprint density at radius 1 is 1.00 bits per heavy atom. The molecule has 1 saturated heterocycles. The van der Waals surface area contributed by atoms with Crippen LogP contribution in [-0.2, 0) is 0 Å². The fourth-order valence-corrected chi connectivity index (χ4v) is 18.6. The lowest BCUT2D eigenvalue weighted by Crippen LogP contribution is -2.44. The molecule has 0 N–H and O–H groups in total. The maximum atomic E-state index is 4.52. The summed E-state index contributed by atoms with van der Waals surface area (Å²) in [7, 11) is -2.56. The van der Waals surface area contributed by atoms with E-state index in [0.29, 0.717) is 5.65 Å². The van der Waals surface area contributed by atoms with E-state index in [9.17, 15) is 0 Å². The Labute approximate surface area is 115 Å². The molecule has 2 aromatic heterocycles. The monoisotopic (exact) mass is 289 g/mol. The molecule has 0 amide bonds. The number of hydrogen-bond donors (Lipinski definition) is 0. The van der Waals surface area contributed by atoms with Gasteiger partial charge in [-0.25, -0.2) is 19.9 Å². The Morgan fingerprint density at radius 3 is 2.42 bits per heavy atom. The number of nitrogens with zero attached hydrogens (tertiary/aromatic N) is 5. The number of fused-ring (bicyclic) bond motifs is 1. The van der Waals surface area contributed by atoms with Gasteiger partial charge in [0.2, 0.25) is 0 Å². The highest BCUT2D eigenvalue weighted by Crippen LogP contribution is 2.36. The van der Waals surface area contributed by atoms with Gasteiger partial charge in [-0.1, -0.05) is 26.2 Å². The fourth-order valence-electron chi connectivity index (χ4n) is 3.31. The van der Waals surface area contributed by atoms with Gasteiger partial charge in [-0.05, 0) is 5.67 Å². The Balaban J connectivity index is 2.15. The predicted octanol–water partition coefficient (Wildman–Crippen LogP) is 2.23. The third kappa shape index (κ3) is 2.16. The summed E-state index contributed by atoms with van der Waals surface area (Å²) in [5.74, 6) is 0.993. The predicted molar refractivity (Wildman–Crippen MR) is 82.2 cm³/mol. The minimum Gasteiger partial charge on any atom is -0.384 e. The van der Waals surface area contributed by atoms with E-state index in [1.807, 2.05) is 0 Å². The molecule has 0 saturated carbocycles. The second-order valence-electron chi connectivity index (χ2n) is 6.67. The number of aromatic nitrogens is 4. The standard InChI is InChI=1S/C12H19N5Si2/c1-18(2)8-17(19(3,4)9-18)12-10-11(15-7-16-12)14-6-5-13-10/h5-7H,8-9H2,1-4H3. The van der Waals surface area contributed by atoms with Crippen LogP contribution in [0.2, 0.25) is 31.9 Å². The van der Waals surface area contributed by atoms with Gasteiger partial charge in [0.15, 0.2) is 11.5 Å². The molecule has 5 nitrogen and oxygen atoms in total. The second-order valence-corrected chi connectivity index (χ2v) is 16.9. The van der Waals surface area contributed by atoms with E-state index in [1.54, 1.807) is 18.7 Å². The van der Waals surface area contributed by atoms with Gasteiger partial charge in [0.1, 0.15) is 20.1 Å². The third-order valence-corrected chi connectivity index (χ3v) is 14.3. The van der Waals surface area contributed by atoms with E-state index in [4.69, 9.17) is 0 Å². The van der Waals surface area contributed by atoms with Gasteiger partial charge in [0, 0.05) is 18.6 Å². The van der Waals surface area contributed by atoms with Crippen molar-refractivity contribution >= 4 is 33.3 Å². The van der Waals surface area contributed by atoms with E-state index in [-0.39, 0.29) is 0 Å². The summed E-state index contributed by atoms with van der Waals surface area (Å²) < 4.78 is 2.54. The quantitative estimate of drug-likeness (QED) is 0.754. The molecule has 0 bridgehead atoms. The third-order valence-electron chi connectivity index (χ3n) is 3.73. The topological polar surface area (TPSA) is 54.8 Å².